The molecule has 1 N–H and O–H groups in total. The van der Waals surface area contributed by atoms with Crippen molar-refractivity contribution in [2.45, 2.75) is 45.3 Å². The number of rotatable bonds is 7. The zero-order valence-corrected chi connectivity index (χ0v) is 22.8. The number of alkyl carbamates (subject to hydrolysis) is 1. The van der Waals surface area contributed by atoms with Gasteiger partial charge in [-0.1, -0.05) is 44.2 Å². The highest BCUT2D eigenvalue weighted by molar-refractivity contribution is 5.70. The number of piperidine rings is 3. The SMILES string of the molecule is CC1(C)Cc2cc(-c3ccc(OCCN4CCOCC4)cc3)ccc2C1NC(=O)O[C@@H]1CN2CCC1CC2. The van der Waals surface area contributed by atoms with Gasteiger partial charge in [0.1, 0.15) is 18.5 Å². The molecule has 0 spiro atoms. The van der Waals surface area contributed by atoms with Gasteiger partial charge >= 0.3 is 6.09 Å². The molecule has 2 atom stereocenters. The molecular weight excluding hydrogens is 478 g/mol. The van der Waals surface area contributed by atoms with Crippen molar-refractivity contribution < 1.29 is 19.0 Å². The van der Waals surface area contributed by atoms with Crippen LogP contribution in [0.15, 0.2) is 42.5 Å². The van der Waals surface area contributed by atoms with Crippen molar-refractivity contribution in [1.29, 1.82) is 0 Å². The normalized spacial score (nSPS) is 28.1. The first kappa shape index (κ1) is 25.7. The van der Waals surface area contributed by atoms with Crippen LogP contribution in [-0.2, 0) is 15.9 Å². The molecule has 38 heavy (non-hydrogen) atoms. The molecule has 1 aliphatic carbocycles. The van der Waals surface area contributed by atoms with Gasteiger partial charge in [-0.15, -0.1) is 0 Å². The van der Waals surface area contributed by atoms with Gasteiger partial charge in [0, 0.05) is 26.2 Å². The number of morpholine rings is 1. The highest BCUT2D eigenvalue weighted by Crippen LogP contribution is 2.46. The van der Waals surface area contributed by atoms with E-state index in [1.807, 2.05) is 0 Å². The summed E-state index contributed by atoms with van der Waals surface area (Å²) in [7, 11) is 0. The van der Waals surface area contributed by atoms with Gasteiger partial charge in [0.05, 0.1) is 19.3 Å². The quantitative estimate of drug-likeness (QED) is 0.581. The van der Waals surface area contributed by atoms with Crippen LogP contribution < -0.4 is 10.1 Å². The van der Waals surface area contributed by atoms with Crippen LogP contribution in [0.1, 0.15) is 43.9 Å². The van der Waals surface area contributed by atoms with Gasteiger partial charge < -0.3 is 19.5 Å². The third-order valence-electron chi connectivity index (χ3n) is 8.97. The summed E-state index contributed by atoms with van der Waals surface area (Å²) >= 11 is 0. The zero-order valence-electron chi connectivity index (χ0n) is 22.8. The lowest BCUT2D eigenvalue weighted by Crippen LogP contribution is -2.53. The maximum Gasteiger partial charge on any atom is 0.407 e. The minimum Gasteiger partial charge on any atom is -0.492 e. The zero-order chi connectivity index (χ0) is 26.1. The molecule has 2 aromatic rings. The molecule has 0 aromatic heterocycles. The minimum absolute atomic E-state index is 0.0233. The van der Waals surface area contributed by atoms with E-state index in [9.17, 15) is 4.79 Å². The van der Waals surface area contributed by atoms with E-state index < -0.39 is 0 Å². The minimum atomic E-state index is -0.275. The first-order valence-corrected chi connectivity index (χ1v) is 14.3. The Morgan fingerprint density at radius 1 is 1.03 bits per heavy atom. The van der Waals surface area contributed by atoms with Crippen molar-refractivity contribution in [2.75, 3.05) is 59.1 Å². The van der Waals surface area contributed by atoms with Crippen molar-refractivity contribution in [3.63, 3.8) is 0 Å². The lowest BCUT2D eigenvalue weighted by Gasteiger charge is -2.44. The van der Waals surface area contributed by atoms with Gasteiger partial charge in [-0.25, -0.2) is 4.79 Å². The van der Waals surface area contributed by atoms with Crippen LogP contribution in [0.3, 0.4) is 0 Å². The molecule has 204 valence electrons. The summed E-state index contributed by atoms with van der Waals surface area (Å²) in [5, 5.41) is 3.24. The number of benzene rings is 2. The fourth-order valence-corrected chi connectivity index (χ4v) is 6.70. The number of carbonyl (C=O) groups is 1. The van der Waals surface area contributed by atoms with Crippen molar-refractivity contribution in [3.05, 3.63) is 53.6 Å². The third-order valence-corrected chi connectivity index (χ3v) is 8.97. The summed E-state index contributed by atoms with van der Waals surface area (Å²) < 4.78 is 17.3. The molecule has 4 fully saturated rings. The van der Waals surface area contributed by atoms with E-state index in [2.05, 4.69) is 71.4 Å². The summed E-state index contributed by atoms with van der Waals surface area (Å²) in [5.41, 5.74) is 4.78. The molecule has 1 amide bonds. The lowest BCUT2D eigenvalue weighted by atomic mass is 9.85. The van der Waals surface area contributed by atoms with Crippen LogP contribution in [0.25, 0.3) is 11.1 Å². The smallest absolute Gasteiger partial charge is 0.407 e. The Kier molecular flexibility index (Phi) is 7.34. The number of nitrogens with one attached hydrogen (secondary N) is 1. The van der Waals surface area contributed by atoms with E-state index >= 15 is 0 Å². The van der Waals surface area contributed by atoms with Crippen LogP contribution >= 0.6 is 0 Å². The highest BCUT2D eigenvalue weighted by Gasteiger charge is 2.42. The van der Waals surface area contributed by atoms with Gasteiger partial charge in [0.25, 0.3) is 0 Å². The predicted molar refractivity (Wildman–Crippen MR) is 147 cm³/mol. The fourth-order valence-electron chi connectivity index (χ4n) is 6.70. The van der Waals surface area contributed by atoms with Gasteiger partial charge in [-0.3, -0.25) is 9.80 Å². The highest BCUT2D eigenvalue weighted by atomic mass is 16.6. The molecule has 2 bridgehead atoms. The maximum atomic E-state index is 13.0. The van der Waals surface area contributed by atoms with E-state index in [0.29, 0.717) is 12.5 Å². The first-order valence-electron chi connectivity index (χ1n) is 14.3. The van der Waals surface area contributed by atoms with Crippen molar-refractivity contribution >= 4 is 6.09 Å². The van der Waals surface area contributed by atoms with E-state index in [-0.39, 0.29) is 23.7 Å². The Hall–Kier alpha value is -2.61. The van der Waals surface area contributed by atoms with Crippen LogP contribution in [0, 0.1) is 11.3 Å². The maximum absolute atomic E-state index is 13.0. The molecular formula is C31H41N3O4. The lowest BCUT2D eigenvalue weighted by molar-refractivity contribution is -0.0348. The van der Waals surface area contributed by atoms with Gasteiger partial charge in [-0.05, 0) is 78.1 Å². The molecule has 7 rings (SSSR count). The summed E-state index contributed by atoms with van der Waals surface area (Å²) in [6.07, 6.45) is 2.95. The summed E-state index contributed by atoms with van der Waals surface area (Å²) in [4.78, 5) is 17.7. The summed E-state index contributed by atoms with van der Waals surface area (Å²) in [5.74, 6) is 1.41. The molecule has 4 saturated heterocycles. The monoisotopic (exact) mass is 519 g/mol. The number of ether oxygens (including phenoxy) is 3. The van der Waals surface area contributed by atoms with E-state index in [1.54, 1.807) is 0 Å². The second-order valence-electron chi connectivity index (χ2n) is 12.1. The van der Waals surface area contributed by atoms with Crippen molar-refractivity contribution in [3.8, 4) is 16.9 Å². The average Bonchev–Trinajstić information content (AvgIpc) is 3.18. The van der Waals surface area contributed by atoms with Crippen LogP contribution in [-0.4, -0.2) is 81.1 Å². The first-order chi connectivity index (χ1) is 18.4. The second-order valence-corrected chi connectivity index (χ2v) is 12.1. The number of hydrogen-bond donors (Lipinski definition) is 1. The molecule has 4 heterocycles. The Bertz CT molecular complexity index is 1120. The molecule has 0 saturated carbocycles. The van der Waals surface area contributed by atoms with Gasteiger partial charge in [0.15, 0.2) is 0 Å². The van der Waals surface area contributed by atoms with Crippen molar-refractivity contribution in [2.24, 2.45) is 11.3 Å². The van der Waals surface area contributed by atoms with E-state index in [0.717, 1.165) is 77.5 Å². The molecule has 7 nitrogen and oxygen atoms in total. The van der Waals surface area contributed by atoms with Crippen molar-refractivity contribution in [1.82, 2.24) is 15.1 Å². The fraction of sp³-hybridized carbons (Fsp3) is 0.581. The van der Waals surface area contributed by atoms with Crippen LogP contribution in [0.4, 0.5) is 4.79 Å². The number of fused-ring (bicyclic) bond motifs is 4. The topological polar surface area (TPSA) is 63.3 Å². The van der Waals surface area contributed by atoms with E-state index in [1.165, 1.54) is 22.3 Å². The Morgan fingerprint density at radius 3 is 2.47 bits per heavy atom. The largest absolute Gasteiger partial charge is 0.492 e. The van der Waals surface area contributed by atoms with Crippen LogP contribution in [0.5, 0.6) is 5.75 Å². The summed E-state index contributed by atoms with van der Waals surface area (Å²) in [6, 6.07) is 15.0. The molecule has 2 aromatic carbocycles. The molecule has 4 aliphatic heterocycles. The Labute approximate surface area is 226 Å². The Balaban J connectivity index is 1.07. The second kappa shape index (κ2) is 10.9. The van der Waals surface area contributed by atoms with Gasteiger partial charge in [-0.2, -0.15) is 0 Å². The number of nitrogens with zero attached hydrogens (tertiary/aromatic N) is 2. The molecule has 5 aliphatic rings. The standard InChI is InChI=1S/C31H41N3O4/c1-31(2)20-25-19-24(22-3-6-26(7-4-22)37-18-15-33-13-16-36-17-14-33)5-8-27(25)29(31)32-30(35)38-28-21-34-11-9-23(28)10-12-34/h3-8,19,23,28-29H,9-18,20-21H2,1-2H3,(H,32,35)/t28-,29?/m1/s1. The molecule has 7 heteroatoms. The summed E-state index contributed by atoms with van der Waals surface area (Å²) in [6.45, 7) is 12.8. The van der Waals surface area contributed by atoms with Crippen LogP contribution in [0.2, 0.25) is 0 Å². The molecule has 1 unspecified atom stereocenters. The van der Waals surface area contributed by atoms with Gasteiger partial charge in [0.2, 0.25) is 0 Å². The number of amides is 1. The van der Waals surface area contributed by atoms with E-state index in [4.69, 9.17) is 14.2 Å². The average molecular weight is 520 g/mol. The molecule has 0 radical (unpaired) electrons. The Morgan fingerprint density at radius 2 is 1.76 bits per heavy atom. The third kappa shape index (κ3) is 5.56. The predicted octanol–water partition coefficient (Wildman–Crippen LogP) is 4.51. The number of carbonyl (C=O) groups excluding carboxylic acids is 1. The number of hydrogen-bond acceptors (Lipinski definition) is 6.